The summed E-state index contributed by atoms with van der Waals surface area (Å²) in [5.74, 6) is -0.218. The van der Waals surface area contributed by atoms with Gasteiger partial charge in [-0.15, -0.1) is 0 Å². The molecule has 13 nitrogen and oxygen atoms in total. The minimum absolute atomic E-state index is 0.0367. The lowest BCUT2D eigenvalue weighted by Gasteiger charge is -2.42. The van der Waals surface area contributed by atoms with E-state index in [0.29, 0.717) is 47.8 Å². The number of nitrogens with two attached hydrogens (primary N) is 1. The Labute approximate surface area is 272 Å². The molecule has 1 unspecified atom stereocenters. The molecule has 5 N–H and O–H groups in total. The summed E-state index contributed by atoms with van der Waals surface area (Å²) >= 11 is 0. The summed E-state index contributed by atoms with van der Waals surface area (Å²) in [7, 11) is 2.15. The molecule has 1 atom stereocenters. The van der Waals surface area contributed by atoms with Crippen molar-refractivity contribution in [1.82, 2.24) is 30.0 Å². The number of alkyl halides is 2. The van der Waals surface area contributed by atoms with Crippen molar-refractivity contribution in [2.75, 3.05) is 75.1 Å². The average molecular weight is 653 g/mol. The second kappa shape index (κ2) is 13.2. The smallest absolute Gasteiger partial charge is 0.387 e. The number of benzene rings is 1. The summed E-state index contributed by atoms with van der Waals surface area (Å²) in [5.41, 5.74) is 7.59. The van der Waals surface area contributed by atoms with Crippen LogP contribution in [0.2, 0.25) is 0 Å². The number of ether oxygens (including phenoxy) is 2. The second-order valence-electron chi connectivity index (χ2n) is 13.1. The molecule has 5 heterocycles. The van der Waals surface area contributed by atoms with Crippen molar-refractivity contribution in [1.29, 1.82) is 0 Å². The Morgan fingerprint density at radius 1 is 1.09 bits per heavy atom. The van der Waals surface area contributed by atoms with E-state index in [1.54, 1.807) is 24.4 Å². The fourth-order valence-electron chi connectivity index (χ4n) is 7.13. The number of hydrogen-bond acceptors (Lipinski definition) is 11. The zero-order chi connectivity index (χ0) is 32.5. The summed E-state index contributed by atoms with van der Waals surface area (Å²) in [6, 6.07) is 7.36. The molecule has 4 aliphatic rings. The number of aromatic nitrogens is 4. The van der Waals surface area contributed by atoms with Crippen molar-refractivity contribution in [3.8, 4) is 17.1 Å². The summed E-state index contributed by atoms with van der Waals surface area (Å²) in [6.45, 7) is 3.97. The SMILES string of the molecule is CN1CCN(C2CCN(c3ccc(Nc4nc(NC5CCOCC56CC6)c(-c5cc[nH]n5)nc4C(N)=O)cc3OC(F)F)CC2)CC1. The van der Waals surface area contributed by atoms with Gasteiger partial charge >= 0.3 is 6.61 Å². The molecule has 1 spiro atoms. The monoisotopic (exact) mass is 652 g/mol. The number of aromatic amines is 1. The van der Waals surface area contributed by atoms with Crippen molar-refractivity contribution < 1.29 is 23.0 Å². The highest BCUT2D eigenvalue weighted by Crippen LogP contribution is 2.52. The molecule has 1 aliphatic carbocycles. The molecule has 0 bridgehead atoms. The number of amides is 1. The van der Waals surface area contributed by atoms with Gasteiger partial charge < -0.3 is 35.6 Å². The van der Waals surface area contributed by atoms with Gasteiger partial charge in [-0.25, -0.2) is 9.97 Å². The Balaban J connectivity index is 1.15. The first-order chi connectivity index (χ1) is 22.8. The van der Waals surface area contributed by atoms with E-state index in [1.807, 2.05) is 0 Å². The lowest BCUT2D eigenvalue weighted by atomic mass is 9.92. The number of nitrogens with one attached hydrogen (secondary N) is 3. The van der Waals surface area contributed by atoms with Crippen LogP contribution >= 0.6 is 0 Å². The van der Waals surface area contributed by atoms with Gasteiger partial charge in [0.25, 0.3) is 5.91 Å². The molecule has 252 valence electrons. The number of piperidine rings is 1. The van der Waals surface area contributed by atoms with Gasteiger partial charge in [0.15, 0.2) is 23.1 Å². The van der Waals surface area contributed by atoms with E-state index in [0.717, 1.165) is 71.4 Å². The molecular formula is C32H42F2N10O3. The van der Waals surface area contributed by atoms with Gasteiger partial charge in [-0.05, 0) is 57.4 Å². The average Bonchev–Trinajstić information content (AvgIpc) is 3.61. The van der Waals surface area contributed by atoms with E-state index >= 15 is 0 Å². The topological polar surface area (TPSA) is 150 Å². The fraction of sp³-hybridized carbons (Fsp3) is 0.562. The van der Waals surface area contributed by atoms with Gasteiger partial charge in [0, 0.05) is 81.3 Å². The van der Waals surface area contributed by atoms with Crippen molar-refractivity contribution in [2.45, 2.75) is 50.8 Å². The largest absolute Gasteiger partial charge is 0.433 e. The zero-order valence-electron chi connectivity index (χ0n) is 26.6. The Morgan fingerprint density at radius 2 is 1.87 bits per heavy atom. The highest BCUT2D eigenvalue weighted by Gasteiger charge is 2.51. The third-order valence-electron chi connectivity index (χ3n) is 10.1. The first-order valence-corrected chi connectivity index (χ1v) is 16.4. The lowest BCUT2D eigenvalue weighted by Crippen LogP contribution is -2.52. The minimum atomic E-state index is -3.01. The van der Waals surface area contributed by atoms with Crippen LogP contribution in [-0.2, 0) is 4.74 Å². The first-order valence-electron chi connectivity index (χ1n) is 16.4. The number of piperazine rings is 1. The Hall–Kier alpha value is -4.08. The summed E-state index contributed by atoms with van der Waals surface area (Å²) in [6.07, 6.45) is 6.45. The number of halogens is 2. The molecule has 3 saturated heterocycles. The molecule has 1 saturated carbocycles. The zero-order valence-corrected chi connectivity index (χ0v) is 26.6. The summed E-state index contributed by atoms with van der Waals surface area (Å²) < 4.78 is 38.1. The van der Waals surface area contributed by atoms with E-state index in [2.05, 4.69) is 47.6 Å². The molecule has 0 radical (unpaired) electrons. The van der Waals surface area contributed by atoms with Crippen molar-refractivity contribution in [2.24, 2.45) is 11.1 Å². The maximum Gasteiger partial charge on any atom is 0.387 e. The molecular weight excluding hydrogens is 610 g/mol. The third-order valence-corrected chi connectivity index (χ3v) is 10.1. The van der Waals surface area contributed by atoms with E-state index in [9.17, 15) is 13.6 Å². The maximum absolute atomic E-state index is 13.7. The van der Waals surface area contributed by atoms with Crippen LogP contribution in [0.1, 0.15) is 42.6 Å². The van der Waals surface area contributed by atoms with Crippen LogP contribution in [0.5, 0.6) is 5.75 Å². The summed E-state index contributed by atoms with van der Waals surface area (Å²) in [5, 5.41) is 13.7. The van der Waals surface area contributed by atoms with Crippen LogP contribution in [0.4, 0.5) is 31.8 Å². The van der Waals surface area contributed by atoms with Gasteiger partial charge in [0.1, 0.15) is 11.4 Å². The Morgan fingerprint density at radius 3 is 2.55 bits per heavy atom. The van der Waals surface area contributed by atoms with Crippen molar-refractivity contribution in [3.63, 3.8) is 0 Å². The number of hydrogen-bond donors (Lipinski definition) is 4. The summed E-state index contributed by atoms with van der Waals surface area (Å²) in [4.78, 5) is 29.1. The standard InChI is InChI=1S/C32H42F2N10O3/c1-42-13-15-43(16-14-42)21-5-11-44(12-6-21)23-3-2-20(18-24(23)47-31(33)34)37-30-27(28(35)45)39-26(22-4-10-36-41-22)29(40-30)38-25-7-17-46-19-32(25)8-9-32/h2-4,10,18,21,25,31H,5-9,11-17,19H2,1H3,(H2,35,45)(H,36,41)(H2,37,38,40). The highest BCUT2D eigenvalue weighted by molar-refractivity contribution is 5.97. The number of carbonyl (C=O) groups excluding carboxylic acids is 1. The number of likely N-dealkylation sites (N-methyl/N-ethyl adjacent to an activating group) is 1. The van der Waals surface area contributed by atoms with Gasteiger partial charge in [-0.2, -0.15) is 13.9 Å². The number of primary amides is 1. The molecule has 1 aromatic carbocycles. The molecule has 7 rings (SSSR count). The van der Waals surface area contributed by atoms with Crippen LogP contribution in [0.3, 0.4) is 0 Å². The number of rotatable bonds is 10. The van der Waals surface area contributed by atoms with Gasteiger partial charge in [-0.1, -0.05) is 0 Å². The van der Waals surface area contributed by atoms with Crippen molar-refractivity contribution >= 4 is 28.9 Å². The van der Waals surface area contributed by atoms with E-state index in [4.69, 9.17) is 20.2 Å². The molecule has 3 aliphatic heterocycles. The predicted molar refractivity (Wildman–Crippen MR) is 173 cm³/mol. The molecule has 47 heavy (non-hydrogen) atoms. The lowest BCUT2D eigenvalue weighted by molar-refractivity contribution is -0.0495. The Kier molecular flexibility index (Phi) is 8.85. The first kappa shape index (κ1) is 31.5. The Bertz CT molecular complexity index is 1550. The second-order valence-corrected chi connectivity index (χ2v) is 13.1. The van der Waals surface area contributed by atoms with Crippen LogP contribution in [-0.4, -0.2) is 114 Å². The molecule has 4 fully saturated rings. The molecule has 1 amide bonds. The number of H-pyrrole nitrogens is 1. The van der Waals surface area contributed by atoms with E-state index < -0.39 is 12.5 Å². The predicted octanol–water partition coefficient (Wildman–Crippen LogP) is 3.51. The van der Waals surface area contributed by atoms with Gasteiger partial charge in [-0.3, -0.25) is 14.8 Å². The van der Waals surface area contributed by atoms with Gasteiger partial charge in [0.2, 0.25) is 0 Å². The van der Waals surface area contributed by atoms with Crippen LogP contribution in [0.15, 0.2) is 30.5 Å². The minimum Gasteiger partial charge on any atom is -0.433 e. The van der Waals surface area contributed by atoms with Crippen LogP contribution in [0.25, 0.3) is 11.4 Å². The number of carbonyl (C=O) groups is 1. The normalized spacial score (nSPS) is 22.0. The number of anilines is 4. The van der Waals surface area contributed by atoms with Gasteiger partial charge in [0.05, 0.1) is 12.3 Å². The maximum atomic E-state index is 13.7. The van der Waals surface area contributed by atoms with E-state index in [-0.39, 0.29) is 28.7 Å². The molecule has 15 heteroatoms. The number of nitrogens with zero attached hydrogens (tertiary/aromatic N) is 6. The van der Waals surface area contributed by atoms with Crippen LogP contribution in [0, 0.1) is 5.41 Å². The fourth-order valence-corrected chi connectivity index (χ4v) is 7.13. The van der Waals surface area contributed by atoms with E-state index in [1.165, 1.54) is 6.07 Å². The molecule has 3 aromatic rings. The van der Waals surface area contributed by atoms with Crippen molar-refractivity contribution in [3.05, 3.63) is 36.2 Å². The third kappa shape index (κ3) is 6.83. The quantitative estimate of drug-likeness (QED) is 0.255. The highest BCUT2D eigenvalue weighted by atomic mass is 19.3. The molecule has 2 aromatic heterocycles. The van der Waals surface area contributed by atoms with Crippen LogP contribution < -0.4 is 26.0 Å².